The van der Waals surface area contributed by atoms with E-state index in [1.165, 1.54) is 7.05 Å². The molecule has 4 nitrogen and oxygen atoms in total. The van der Waals surface area contributed by atoms with Crippen molar-refractivity contribution in [3.8, 4) is 11.5 Å². The Morgan fingerprint density at radius 2 is 1.73 bits per heavy atom. The van der Waals surface area contributed by atoms with Crippen molar-refractivity contribution >= 4 is 0 Å². The van der Waals surface area contributed by atoms with E-state index in [9.17, 15) is 35.1 Å². The molecule has 0 aliphatic carbocycles. The second-order valence-electron chi connectivity index (χ2n) is 6.44. The zero-order chi connectivity index (χ0) is 22.3. The summed E-state index contributed by atoms with van der Waals surface area (Å²) in [6.07, 6.45) is -8.58. The van der Waals surface area contributed by atoms with Crippen molar-refractivity contribution in [2.75, 3.05) is 6.61 Å². The van der Waals surface area contributed by atoms with Crippen molar-refractivity contribution in [3.05, 3.63) is 52.6 Å². The Morgan fingerprint density at radius 1 is 1.07 bits per heavy atom. The van der Waals surface area contributed by atoms with Crippen molar-refractivity contribution in [2.45, 2.75) is 31.4 Å². The number of ether oxygens (including phenoxy) is 2. The van der Waals surface area contributed by atoms with Crippen LogP contribution in [0.1, 0.15) is 29.2 Å². The standard InChI is InChI=1S/C18H14F8N2O2/c1-28-8-10(18(24,25)26)7-14(30-16(19)20)15(28)27-12-4-5-29-13-6-9(17(21,22)23)2-3-11(12)13/h2-3,6-8,12,16H,4-5H2,1H3. The summed E-state index contributed by atoms with van der Waals surface area (Å²) < 4.78 is 114. The molecule has 0 spiro atoms. The molecular weight excluding hydrogens is 428 g/mol. The van der Waals surface area contributed by atoms with Gasteiger partial charge in [0.15, 0.2) is 11.2 Å². The maximum absolute atomic E-state index is 13.0. The second kappa shape index (κ2) is 7.80. The lowest BCUT2D eigenvalue weighted by Gasteiger charge is -2.24. The van der Waals surface area contributed by atoms with Gasteiger partial charge in [0.05, 0.1) is 23.8 Å². The summed E-state index contributed by atoms with van der Waals surface area (Å²) in [5, 5.41) is 0. The van der Waals surface area contributed by atoms with Gasteiger partial charge in [0, 0.05) is 25.2 Å². The molecule has 1 unspecified atom stereocenters. The highest BCUT2D eigenvalue weighted by atomic mass is 19.4. The number of benzene rings is 1. The number of pyridine rings is 1. The van der Waals surface area contributed by atoms with Gasteiger partial charge in [0.25, 0.3) is 0 Å². The first-order chi connectivity index (χ1) is 13.9. The van der Waals surface area contributed by atoms with Crippen molar-refractivity contribution in [3.63, 3.8) is 0 Å². The minimum Gasteiger partial charge on any atom is -0.493 e. The predicted octanol–water partition coefficient (Wildman–Crippen LogP) is 5.09. The van der Waals surface area contributed by atoms with Gasteiger partial charge in [-0.1, -0.05) is 6.07 Å². The van der Waals surface area contributed by atoms with E-state index in [0.29, 0.717) is 12.3 Å². The largest absolute Gasteiger partial charge is 0.493 e. The lowest BCUT2D eigenvalue weighted by Crippen LogP contribution is -2.26. The summed E-state index contributed by atoms with van der Waals surface area (Å²) >= 11 is 0. The smallest absolute Gasteiger partial charge is 0.417 e. The molecule has 0 fully saturated rings. The van der Waals surface area contributed by atoms with E-state index in [1.807, 2.05) is 0 Å². The van der Waals surface area contributed by atoms with E-state index < -0.39 is 41.9 Å². The van der Waals surface area contributed by atoms with Crippen LogP contribution >= 0.6 is 0 Å². The van der Waals surface area contributed by atoms with Crippen LogP contribution in [0.4, 0.5) is 35.1 Å². The Balaban J connectivity index is 2.12. The average Bonchev–Trinajstić information content (AvgIpc) is 2.62. The fourth-order valence-corrected chi connectivity index (χ4v) is 3.01. The first-order valence-electron chi connectivity index (χ1n) is 8.46. The normalized spacial score (nSPS) is 17.7. The fraction of sp³-hybridized carbons (Fsp3) is 0.389. The number of fused-ring (bicyclic) bond motifs is 1. The molecule has 164 valence electrons. The number of aryl methyl sites for hydroxylation is 1. The first kappa shape index (κ1) is 21.9. The molecule has 30 heavy (non-hydrogen) atoms. The van der Waals surface area contributed by atoms with Crippen LogP contribution in [0.15, 0.2) is 35.5 Å². The number of nitrogens with zero attached hydrogens (tertiary/aromatic N) is 2. The highest BCUT2D eigenvalue weighted by Crippen LogP contribution is 2.39. The molecule has 1 aliphatic heterocycles. The molecule has 2 heterocycles. The van der Waals surface area contributed by atoms with Crippen LogP contribution in [0.25, 0.3) is 0 Å². The van der Waals surface area contributed by atoms with E-state index in [4.69, 9.17) is 4.74 Å². The Labute approximate surface area is 164 Å². The Morgan fingerprint density at radius 3 is 2.33 bits per heavy atom. The molecule has 0 saturated heterocycles. The summed E-state index contributed by atoms with van der Waals surface area (Å²) in [5.41, 5.74) is -2.23. The summed E-state index contributed by atoms with van der Waals surface area (Å²) in [6.45, 7) is -3.42. The van der Waals surface area contributed by atoms with Gasteiger partial charge in [-0.2, -0.15) is 35.1 Å². The lowest BCUT2D eigenvalue weighted by molar-refractivity contribution is -0.139. The zero-order valence-electron chi connectivity index (χ0n) is 15.2. The van der Waals surface area contributed by atoms with Crippen LogP contribution in [0.5, 0.6) is 11.5 Å². The molecule has 0 radical (unpaired) electrons. The first-order valence-corrected chi connectivity index (χ1v) is 8.46. The number of alkyl halides is 8. The quantitative estimate of drug-likeness (QED) is 0.621. The number of rotatable bonds is 3. The number of hydrogen-bond donors (Lipinski definition) is 0. The number of halogens is 8. The highest BCUT2D eigenvalue weighted by Gasteiger charge is 2.34. The molecule has 12 heteroatoms. The molecule has 0 N–H and O–H groups in total. The minimum atomic E-state index is -4.81. The molecule has 1 aromatic heterocycles. The summed E-state index contributed by atoms with van der Waals surface area (Å²) in [6, 6.07) is 2.32. The molecule has 0 saturated carbocycles. The Bertz CT molecular complexity index is 995. The maximum atomic E-state index is 13.0. The number of aromatic nitrogens is 1. The molecule has 0 bridgehead atoms. The third-order valence-electron chi connectivity index (χ3n) is 4.34. The van der Waals surface area contributed by atoms with Crippen molar-refractivity contribution < 1.29 is 44.6 Å². The summed E-state index contributed by atoms with van der Waals surface area (Å²) in [5.74, 6) is -0.891. The van der Waals surface area contributed by atoms with E-state index in [1.54, 1.807) is 0 Å². The molecule has 2 aromatic rings. The lowest BCUT2D eigenvalue weighted by atomic mass is 9.99. The van der Waals surface area contributed by atoms with Crippen molar-refractivity contribution in [1.82, 2.24) is 4.57 Å². The van der Waals surface area contributed by atoms with Gasteiger partial charge in [0.2, 0.25) is 0 Å². The molecule has 1 aliphatic rings. The average molecular weight is 442 g/mol. The topological polar surface area (TPSA) is 35.8 Å². The third kappa shape index (κ3) is 4.68. The van der Waals surface area contributed by atoms with Crippen LogP contribution in [-0.4, -0.2) is 17.8 Å². The second-order valence-corrected chi connectivity index (χ2v) is 6.44. The van der Waals surface area contributed by atoms with E-state index in [0.717, 1.165) is 22.8 Å². The highest BCUT2D eigenvalue weighted by molar-refractivity contribution is 5.42. The predicted molar refractivity (Wildman–Crippen MR) is 86.9 cm³/mol. The molecule has 0 amide bonds. The van der Waals surface area contributed by atoms with Gasteiger partial charge >= 0.3 is 19.0 Å². The van der Waals surface area contributed by atoms with Gasteiger partial charge in [-0.15, -0.1) is 0 Å². The van der Waals surface area contributed by atoms with Gasteiger partial charge in [0.1, 0.15) is 5.75 Å². The Kier molecular flexibility index (Phi) is 5.70. The van der Waals surface area contributed by atoms with Crippen LogP contribution in [0, 0.1) is 0 Å². The van der Waals surface area contributed by atoms with Crippen LogP contribution < -0.4 is 15.0 Å². The third-order valence-corrected chi connectivity index (χ3v) is 4.34. The Hall–Kier alpha value is -2.79. The van der Waals surface area contributed by atoms with E-state index in [2.05, 4.69) is 9.73 Å². The molecule has 1 aromatic carbocycles. The van der Waals surface area contributed by atoms with Crippen LogP contribution in [0.2, 0.25) is 0 Å². The van der Waals surface area contributed by atoms with Crippen LogP contribution in [-0.2, 0) is 19.4 Å². The number of hydrogen-bond acceptors (Lipinski definition) is 3. The molecule has 3 rings (SSSR count). The molecule has 1 atom stereocenters. The van der Waals surface area contributed by atoms with E-state index >= 15 is 0 Å². The van der Waals surface area contributed by atoms with Gasteiger partial charge < -0.3 is 14.0 Å². The van der Waals surface area contributed by atoms with Crippen molar-refractivity contribution in [2.24, 2.45) is 12.0 Å². The molecular formula is C18H14F8N2O2. The maximum Gasteiger partial charge on any atom is 0.417 e. The van der Waals surface area contributed by atoms with Gasteiger partial charge in [-0.05, 0) is 18.2 Å². The van der Waals surface area contributed by atoms with Gasteiger partial charge in [-0.25, -0.2) is 0 Å². The SMILES string of the molecule is Cn1cc(C(F)(F)F)cc(OC(F)F)c1=NC1CCOc2cc(C(F)(F)F)ccc21. The van der Waals surface area contributed by atoms with Gasteiger partial charge in [-0.3, -0.25) is 4.99 Å². The monoisotopic (exact) mass is 442 g/mol. The zero-order valence-corrected chi connectivity index (χ0v) is 15.2. The van der Waals surface area contributed by atoms with E-state index in [-0.39, 0.29) is 29.8 Å². The minimum absolute atomic E-state index is 0.0160. The summed E-state index contributed by atoms with van der Waals surface area (Å²) in [4.78, 5) is 4.20. The fourth-order valence-electron chi connectivity index (χ4n) is 3.01. The van der Waals surface area contributed by atoms with Crippen LogP contribution in [0.3, 0.4) is 0 Å². The summed E-state index contributed by atoms with van der Waals surface area (Å²) in [7, 11) is 1.17. The van der Waals surface area contributed by atoms with Crippen molar-refractivity contribution in [1.29, 1.82) is 0 Å².